The second kappa shape index (κ2) is 6.03. The molecule has 1 saturated carbocycles. The highest BCUT2D eigenvalue weighted by Gasteiger charge is 2.21. The van der Waals surface area contributed by atoms with Crippen LogP contribution in [-0.4, -0.2) is 12.9 Å². The summed E-state index contributed by atoms with van der Waals surface area (Å²) in [6, 6.07) is 6.30. The third-order valence-electron chi connectivity index (χ3n) is 3.92. The quantitative estimate of drug-likeness (QED) is 0.809. The van der Waals surface area contributed by atoms with Crippen LogP contribution in [0, 0.1) is 12.8 Å². The molecule has 1 unspecified atom stereocenters. The lowest BCUT2D eigenvalue weighted by molar-refractivity contribution is -0.124. The number of hydrogen-bond acceptors (Lipinski definition) is 2. The molecule has 0 aromatic heterocycles. The van der Waals surface area contributed by atoms with E-state index >= 15 is 0 Å². The van der Waals surface area contributed by atoms with Crippen LogP contribution in [0.3, 0.4) is 0 Å². The Morgan fingerprint density at radius 2 is 2.17 bits per heavy atom. The summed E-state index contributed by atoms with van der Waals surface area (Å²) in [5.74, 6) is 1.72. The van der Waals surface area contributed by atoms with Crippen molar-refractivity contribution < 1.29 is 9.53 Å². The van der Waals surface area contributed by atoms with Crippen LogP contribution in [0.4, 0.5) is 0 Å². The lowest BCUT2D eigenvalue weighted by atomic mass is 9.84. The molecule has 0 saturated heterocycles. The molecule has 2 heteroatoms. The van der Waals surface area contributed by atoms with Gasteiger partial charge < -0.3 is 4.74 Å². The maximum atomic E-state index is 11.8. The van der Waals surface area contributed by atoms with Crippen molar-refractivity contribution in [2.24, 2.45) is 5.92 Å². The van der Waals surface area contributed by atoms with Gasteiger partial charge in [0.05, 0.1) is 7.11 Å². The molecule has 1 aromatic carbocycles. The number of methoxy groups -OCH3 is 1. The minimum absolute atomic E-state index is 0.307. The summed E-state index contributed by atoms with van der Waals surface area (Å²) in [5.41, 5.74) is 2.48. The normalized spacial score (nSPS) is 19.9. The zero-order valence-corrected chi connectivity index (χ0v) is 11.4. The molecular weight excluding hydrogens is 224 g/mol. The van der Waals surface area contributed by atoms with Crippen LogP contribution in [0.5, 0.6) is 5.75 Å². The molecule has 0 bridgehead atoms. The number of carbonyl (C=O) groups excluding carboxylic acids is 1. The summed E-state index contributed by atoms with van der Waals surface area (Å²) in [7, 11) is 1.70. The van der Waals surface area contributed by atoms with Gasteiger partial charge in [0, 0.05) is 12.3 Å². The average molecular weight is 246 g/mol. The van der Waals surface area contributed by atoms with Gasteiger partial charge in [-0.1, -0.05) is 18.6 Å². The number of ketones is 1. The van der Waals surface area contributed by atoms with E-state index in [0.29, 0.717) is 11.7 Å². The van der Waals surface area contributed by atoms with Gasteiger partial charge in [0.15, 0.2) is 0 Å². The molecule has 2 rings (SSSR count). The number of benzene rings is 1. The summed E-state index contributed by atoms with van der Waals surface area (Å²) in [6.45, 7) is 2.06. The molecule has 1 aliphatic carbocycles. The Kier molecular flexibility index (Phi) is 4.40. The van der Waals surface area contributed by atoms with E-state index in [1.54, 1.807) is 7.11 Å². The van der Waals surface area contributed by atoms with E-state index in [4.69, 9.17) is 4.74 Å². The van der Waals surface area contributed by atoms with Crippen LogP contribution in [0.15, 0.2) is 18.2 Å². The van der Waals surface area contributed by atoms with Gasteiger partial charge in [-0.25, -0.2) is 0 Å². The van der Waals surface area contributed by atoms with Gasteiger partial charge in [0.25, 0.3) is 0 Å². The first-order valence-corrected chi connectivity index (χ1v) is 6.87. The van der Waals surface area contributed by atoms with Crippen LogP contribution in [0.2, 0.25) is 0 Å². The molecular formula is C16H22O2. The standard InChI is InChI=1S/C16H22O2/c1-12-11-13(8-10-16(12)18-2)7-9-14-5-3-4-6-15(14)17/h8,10-11,14H,3-7,9H2,1-2H3. The largest absolute Gasteiger partial charge is 0.496 e. The van der Waals surface area contributed by atoms with Crippen molar-refractivity contribution in [3.05, 3.63) is 29.3 Å². The zero-order chi connectivity index (χ0) is 13.0. The van der Waals surface area contributed by atoms with E-state index in [1.165, 1.54) is 17.5 Å². The first-order valence-electron chi connectivity index (χ1n) is 6.87. The molecule has 1 fully saturated rings. The van der Waals surface area contributed by atoms with Crippen molar-refractivity contribution in [2.45, 2.75) is 45.4 Å². The summed E-state index contributed by atoms with van der Waals surface area (Å²) in [6.07, 6.45) is 6.21. The fourth-order valence-corrected chi connectivity index (χ4v) is 2.80. The maximum Gasteiger partial charge on any atom is 0.135 e. The van der Waals surface area contributed by atoms with Gasteiger partial charge in [-0.2, -0.15) is 0 Å². The Hall–Kier alpha value is -1.31. The highest BCUT2D eigenvalue weighted by molar-refractivity contribution is 5.81. The first-order chi connectivity index (χ1) is 8.70. The van der Waals surface area contributed by atoms with Crippen LogP contribution in [0.25, 0.3) is 0 Å². The van der Waals surface area contributed by atoms with E-state index in [1.807, 2.05) is 6.07 Å². The number of ether oxygens (including phenoxy) is 1. The summed E-state index contributed by atoms with van der Waals surface area (Å²) >= 11 is 0. The van der Waals surface area contributed by atoms with Gasteiger partial charge >= 0.3 is 0 Å². The molecule has 18 heavy (non-hydrogen) atoms. The molecule has 98 valence electrons. The van der Waals surface area contributed by atoms with Crippen molar-refractivity contribution in [3.8, 4) is 5.75 Å². The molecule has 0 amide bonds. The minimum atomic E-state index is 0.307. The van der Waals surface area contributed by atoms with E-state index < -0.39 is 0 Å². The minimum Gasteiger partial charge on any atom is -0.496 e. The predicted octanol–water partition coefficient (Wildman–Crippen LogP) is 3.70. The predicted molar refractivity (Wildman–Crippen MR) is 73.0 cm³/mol. The van der Waals surface area contributed by atoms with Crippen molar-refractivity contribution in [2.75, 3.05) is 7.11 Å². The van der Waals surface area contributed by atoms with E-state index in [2.05, 4.69) is 19.1 Å². The van der Waals surface area contributed by atoms with Crippen molar-refractivity contribution in [1.29, 1.82) is 0 Å². The summed E-state index contributed by atoms with van der Waals surface area (Å²) in [4.78, 5) is 11.8. The van der Waals surface area contributed by atoms with Crippen LogP contribution >= 0.6 is 0 Å². The number of carbonyl (C=O) groups is 1. The van der Waals surface area contributed by atoms with Crippen molar-refractivity contribution >= 4 is 5.78 Å². The maximum absolute atomic E-state index is 11.8. The molecule has 1 aromatic rings. The number of rotatable bonds is 4. The Morgan fingerprint density at radius 1 is 1.33 bits per heavy atom. The van der Waals surface area contributed by atoms with Gasteiger partial charge in [0.1, 0.15) is 11.5 Å². The average Bonchev–Trinajstić information content (AvgIpc) is 2.38. The third kappa shape index (κ3) is 3.12. The number of hydrogen-bond donors (Lipinski definition) is 0. The fraction of sp³-hybridized carbons (Fsp3) is 0.562. The van der Waals surface area contributed by atoms with E-state index in [-0.39, 0.29) is 0 Å². The van der Waals surface area contributed by atoms with Crippen LogP contribution < -0.4 is 4.74 Å². The smallest absolute Gasteiger partial charge is 0.135 e. The Balaban J connectivity index is 1.93. The van der Waals surface area contributed by atoms with Crippen LogP contribution in [0.1, 0.15) is 43.2 Å². The number of Topliss-reactive ketones (excluding diaryl/α,β-unsaturated/α-hetero) is 1. The molecule has 0 heterocycles. The Morgan fingerprint density at radius 3 is 2.83 bits per heavy atom. The van der Waals surface area contributed by atoms with Gasteiger partial charge in [0.2, 0.25) is 0 Å². The molecule has 1 aliphatic rings. The Bertz CT molecular complexity index is 423. The second-order valence-electron chi connectivity index (χ2n) is 5.25. The lowest BCUT2D eigenvalue weighted by Crippen LogP contribution is -2.19. The van der Waals surface area contributed by atoms with Crippen molar-refractivity contribution in [1.82, 2.24) is 0 Å². The van der Waals surface area contributed by atoms with Gasteiger partial charge in [-0.3, -0.25) is 4.79 Å². The number of aryl methyl sites for hydroxylation is 2. The molecule has 1 atom stereocenters. The Labute approximate surface area is 109 Å². The van der Waals surface area contributed by atoms with Crippen molar-refractivity contribution in [3.63, 3.8) is 0 Å². The highest BCUT2D eigenvalue weighted by Crippen LogP contribution is 2.26. The second-order valence-corrected chi connectivity index (χ2v) is 5.25. The zero-order valence-electron chi connectivity index (χ0n) is 11.4. The lowest BCUT2D eigenvalue weighted by Gasteiger charge is -2.20. The summed E-state index contributed by atoms with van der Waals surface area (Å²) in [5, 5.41) is 0. The molecule has 0 radical (unpaired) electrons. The molecule has 2 nitrogen and oxygen atoms in total. The third-order valence-corrected chi connectivity index (χ3v) is 3.92. The van der Waals surface area contributed by atoms with E-state index in [0.717, 1.165) is 37.9 Å². The van der Waals surface area contributed by atoms with E-state index in [9.17, 15) is 4.79 Å². The van der Waals surface area contributed by atoms with Gasteiger partial charge in [-0.15, -0.1) is 0 Å². The first kappa shape index (κ1) is 13.1. The summed E-state index contributed by atoms with van der Waals surface area (Å²) < 4.78 is 5.26. The fourth-order valence-electron chi connectivity index (χ4n) is 2.80. The monoisotopic (exact) mass is 246 g/mol. The molecule has 0 spiro atoms. The SMILES string of the molecule is COc1ccc(CCC2CCCCC2=O)cc1C. The van der Waals surface area contributed by atoms with Crippen LogP contribution in [-0.2, 0) is 11.2 Å². The van der Waals surface area contributed by atoms with Gasteiger partial charge in [-0.05, 0) is 49.8 Å². The molecule has 0 N–H and O–H groups in total. The highest BCUT2D eigenvalue weighted by atomic mass is 16.5. The molecule has 0 aliphatic heterocycles. The topological polar surface area (TPSA) is 26.3 Å².